The quantitative estimate of drug-likeness (QED) is 0.699. The van der Waals surface area contributed by atoms with E-state index in [1.54, 1.807) is 24.3 Å². The van der Waals surface area contributed by atoms with Gasteiger partial charge in [-0.15, -0.1) is 0 Å². The van der Waals surface area contributed by atoms with Gasteiger partial charge in [-0.2, -0.15) is 10.5 Å². The van der Waals surface area contributed by atoms with Gasteiger partial charge in [0.15, 0.2) is 9.84 Å². The van der Waals surface area contributed by atoms with E-state index in [4.69, 9.17) is 10.5 Å². The van der Waals surface area contributed by atoms with Crippen molar-refractivity contribution >= 4 is 21.6 Å². The first-order valence-corrected chi connectivity index (χ1v) is 10.1. The molecule has 3 rings (SSSR count). The molecule has 0 atom stereocenters. The molecule has 0 aliphatic rings. The van der Waals surface area contributed by atoms with Gasteiger partial charge >= 0.3 is 0 Å². The Kier molecular flexibility index (Phi) is 5.68. The van der Waals surface area contributed by atoms with E-state index in [1.165, 1.54) is 42.6 Å². The van der Waals surface area contributed by atoms with E-state index in [1.807, 2.05) is 12.1 Å². The largest absolute Gasteiger partial charge is 0.307 e. The highest BCUT2D eigenvalue weighted by atomic mass is 32.2. The molecule has 3 aromatic rings. The zero-order valence-corrected chi connectivity index (χ0v) is 15.8. The van der Waals surface area contributed by atoms with Gasteiger partial charge in [-0.25, -0.2) is 13.4 Å². The van der Waals surface area contributed by atoms with E-state index < -0.39 is 15.7 Å². The predicted octanol–water partition coefficient (Wildman–Crippen LogP) is 3.05. The number of benzene rings is 2. The smallest absolute Gasteiger partial charge is 0.256 e. The molecule has 1 amide bonds. The summed E-state index contributed by atoms with van der Waals surface area (Å²) in [6, 6.07) is 18.9. The van der Waals surface area contributed by atoms with Crippen LogP contribution in [0.15, 0.2) is 71.8 Å². The van der Waals surface area contributed by atoms with E-state index in [-0.39, 0.29) is 22.0 Å². The standard InChI is InChI=1S/C21H14N4O3S/c22-11-15-4-6-16(7-5-15)14-29(27,28)19-3-1-2-18(10-19)21(26)25-20-9-8-17(12-23)13-24-20/h1-10,13H,14H2,(H,24,25,26). The predicted molar refractivity (Wildman–Crippen MR) is 105 cm³/mol. The Morgan fingerprint density at radius 2 is 1.66 bits per heavy atom. The summed E-state index contributed by atoms with van der Waals surface area (Å²) in [7, 11) is -3.69. The molecule has 0 saturated carbocycles. The molecular weight excluding hydrogens is 388 g/mol. The van der Waals surface area contributed by atoms with Gasteiger partial charge in [0, 0.05) is 11.8 Å². The average molecular weight is 402 g/mol. The summed E-state index contributed by atoms with van der Waals surface area (Å²) in [5.41, 5.74) is 1.51. The number of hydrogen-bond acceptors (Lipinski definition) is 6. The number of hydrogen-bond donors (Lipinski definition) is 1. The minimum absolute atomic E-state index is 0.0160. The molecule has 0 spiro atoms. The molecule has 0 radical (unpaired) electrons. The van der Waals surface area contributed by atoms with Crippen LogP contribution in [0.3, 0.4) is 0 Å². The highest BCUT2D eigenvalue weighted by molar-refractivity contribution is 7.90. The van der Waals surface area contributed by atoms with Gasteiger partial charge in [-0.3, -0.25) is 4.79 Å². The van der Waals surface area contributed by atoms with Crippen LogP contribution in [0, 0.1) is 22.7 Å². The SMILES string of the molecule is N#Cc1ccc(CS(=O)(=O)c2cccc(C(=O)Nc3ccc(C#N)cn3)c2)cc1. The van der Waals surface area contributed by atoms with Crippen molar-refractivity contribution in [3.05, 3.63) is 89.1 Å². The maximum atomic E-state index is 12.7. The van der Waals surface area contributed by atoms with Gasteiger partial charge in [0.2, 0.25) is 0 Å². The van der Waals surface area contributed by atoms with Crippen LogP contribution < -0.4 is 5.32 Å². The second-order valence-electron chi connectivity index (χ2n) is 6.09. The lowest BCUT2D eigenvalue weighted by Gasteiger charge is -2.08. The lowest BCUT2D eigenvalue weighted by molar-refractivity contribution is 0.102. The Hall–Kier alpha value is -4.01. The molecule has 0 bridgehead atoms. The number of amides is 1. The molecule has 1 N–H and O–H groups in total. The number of aromatic nitrogens is 1. The van der Waals surface area contributed by atoms with Crippen LogP contribution >= 0.6 is 0 Å². The second-order valence-corrected chi connectivity index (χ2v) is 8.08. The van der Waals surface area contributed by atoms with Crippen LogP contribution in [-0.2, 0) is 15.6 Å². The summed E-state index contributed by atoms with van der Waals surface area (Å²) in [5.74, 6) is -0.515. The normalized spacial score (nSPS) is 10.6. The van der Waals surface area contributed by atoms with Crippen molar-refractivity contribution in [1.29, 1.82) is 10.5 Å². The number of nitrogens with one attached hydrogen (secondary N) is 1. The number of pyridine rings is 1. The minimum atomic E-state index is -3.69. The summed E-state index contributed by atoms with van der Waals surface area (Å²) in [6.45, 7) is 0. The maximum Gasteiger partial charge on any atom is 0.256 e. The van der Waals surface area contributed by atoms with Crippen molar-refractivity contribution in [3.8, 4) is 12.1 Å². The van der Waals surface area contributed by atoms with Crippen LogP contribution in [0.2, 0.25) is 0 Å². The fraction of sp³-hybridized carbons (Fsp3) is 0.0476. The highest BCUT2D eigenvalue weighted by Gasteiger charge is 2.18. The molecule has 0 unspecified atom stereocenters. The van der Waals surface area contributed by atoms with Crippen LogP contribution in [0.1, 0.15) is 27.0 Å². The summed E-state index contributed by atoms with van der Waals surface area (Å²) in [5, 5.41) is 20.2. The molecular formula is C21H14N4O3S. The fourth-order valence-electron chi connectivity index (χ4n) is 2.53. The van der Waals surface area contributed by atoms with Gasteiger partial charge in [0.1, 0.15) is 11.9 Å². The molecule has 0 aliphatic heterocycles. The molecule has 29 heavy (non-hydrogen) atoms. The maximum absolute atomic E-state index is 12.7. The minimum Gasteiger partial charge on any atom is -0.307 e. The second kappa shape index (κ2) is 8.34. The van der Waals surface area contributed by atoms with Crippen LogP contribution in [0.4, 0.5) is 5.82 Å². The van der Waals surface area contributed by atoms with Crippen LogP contribution in [0.5, 0.6) is 0 Å². The molecule has 8 heteroatoms. The van der Waals surface area contributed by atoms with Crippen molar-refractivity contribution in [1.82, 2.24) is 4.98 Å². The number of nitrogens with zero attached hydrogens (tertiary/aromatic N) is 3. The van der Waals surface area contributed by atoms with E-state index >= 15 is 0 Å². The third-order valence-electron chi connectivity index (χ3n) is 4.03. The van der Waals surface area contributed by atoms with Crippen LogP contribution in [-0.4, -0.2) is 19.3 Å². The number of anilines is 1. The Morgan fingerprint density at radius 3 is 2.28 bits per heavy atom. The van der Waals surface area contributed by atoms with Crippen molar-refractivity contribution in [3.63, 3.8) is 0 Å². The fourth-order valence-corrected chi connectivity index (χ4v) is 3.92. The number of carbonyl (C=O) groups excluding carboxylic acids is 1. The van der Waals surface area contributed by atoms with Crippen LogP contribution in [0.25, 0.3) is 0 Å². The van der Waals surface area contributed by atoms with Gasteiger partial charge in [0.25, 0.3) is 5.91 Å². The van der Waals surface area contributed by atoms with Gasteiger partial charge in [-0.05, 0) is 48.0 Å². The summed E-state index contributed by atoms with van der Waals surface area (Å²) >= 11 is 0. The summed E-state index contributed by atoms with van der Waals surface area (Å²) in [6.07, 6.45) is 1.33. The highest BCUT2D eigenvalue weighted by Crippen LogP contribution is 2.19. The monoisotopic (exact) mass is 402 g/mol. The van der Waals surface area contributed by atoms with Gasteiger partial charge in [-0.1, -0.05) is 18.2 Å². The first-order chi connectivity index (χ1) is 13.9. The first-order valence-electron chi connectivity index (χ1n) is 8.40. The van der Waals surface area contributed by atoms with Crippen molar-refractivity contribution in [2.75, 3.05) is 5.32 Å². The Bertz CT molecular complexity index is 1240. The average Bonchev–Trinajstić information content (AvgIpc) is 2.74. The van der Waals surface area contributed by atoms with Gasteiger partial charge in [0.05, 0.1) is 27.8 Å². The van der Waals surface area contributed by atoms with Crippen molar-refractivity contribution < 1.29 is 13.2 Å². The molecule has 7 nitrogen and oxygen atoms in total. The van der Waals surface area contributed by atoms with Crippen molar-refractivity contribution in [2.45, 2.75) is 10.6 Å². The molecule has 0 fully saturated rings. The molecule has 2 aromatic carbocycles. The lowest BCUT2D eigenvalue weighted by Crippen LogP contribution is -2.14. The van der Waals surface area contributed by atoms with E-state index in [0.29, 0.717) is 16.7 Å². The van der Waals surface area contributed by atoms with Crippen molar-refractivity contribution in [2.24, 2.45) is 0 Å². The molecule has 0 saturated heterocycles. The zero-order valence-electron chi connectivity index (χ0n) is 15.0. The molecule has 142 valence electrons. The van der Waals surface area contributed by atoms with Gasteiger partial charge < -0.3 is 5.32 Å². The molecule has 1 heterocycles. The Labute approximate surface area is 167 Å². The summed E-state index contributed by atoms with van der Waals surface area (Å²) < 4.78 is 25.4. The third-order valence-corrected chi connectivity index (χ3v) is 5.71. The number of sulfone groups is 1. The Balaban J connectivity index is 1.79. The lowest BCUT2D eigenvalue weighted by atomic mass is 10.2. The van der Waals surface area contributed by atoms with E-state index in [2.05, 4.69) is 10.3 Å². The number of nitriles is 2. The first kappa shape index (κ1) is 19.7. The Morgan fingerprint density at radius 1 is 0.966 bits per heavy atom. The number of carbonyl (C=O) groups is 1. The molecule has 1 aromatic heterocycles. The van der Waals surface area contributed by atoms with E-state index in [9.17, 15) is 13.2 Å². The molecule has 0 aliphatic carbocycles. The zero-order chi connectivity index (χ0) is 20.9. The summed E-state index contributed by atoms with van der Waals surface area (Å²) in [4.78, 5) is 16.4. The topological polar surface area (TPSA) is 124 Å². The number of rotatable bonds is 5. The van der Waals surface area contributed by atoms with E-state index in [0.717, 1.165) is 0 Å². The third kappa shape index (κ3) is 4.83.